The van der Waals surface area contributed by atoms with Crippen LogP contribution in [0.4, 0.5) is 0 Å². The van der Waals surface area contributed by atoms with Gasteiger partial charge in [-0.1, -0.05) is 45.5 Å². The van der Waals surface area contributed by atoms with Gasteiger partial charge < -0.3 is 4.74 Å². The van der Waals surface area contributed by atoms with E-state index >= 15 is 0 Å². The largest absolute Gasteiger partial charge is 0.410 e. The molecule has 0 saturated heterocycles. The molecule has 2 aromatic rings. The van der Waals surface area contributed by atoms with Crippen molar-refractivity contribution in [1.29, 1.82) is 0 Å². The molecule has 0 N–H and O–H groups in total. The Bertz CT molecular complexity index is 547. The molecule has 1 aromatic carbocycles. The molecular formula is C11H7BrO3S. The second-order valence-electron chi connectivity index (χ2n) is 3.04. The van der Waals surface area contributed by atoms with E-state index < -0.39 is 5.97 Å². The van der Waals surface area contributed by atoms with Crippen LogP contribution in [0.5, 0.6) is 5.06 Å². The summed E-state index contributed by atoms with van der Waals surface area (Å²) in [7, 11) is 0. The van der Waals surface area contributed by atoms with Crippen LogP contribution in [0.1, 0.15) is 5.56 Å². The molecule has 82 valence electrons. The molecule has 0 fully saturated rings. The Labute approximate surface area is 104 Å². The topological polar surface area (TPSA) is 43.4 Å². The summed E-state index contributed by atoms with van der Waals surface area (Å²) in [6.45, 7) is 0. The molecule has 1 heterocycles. The average Bonchev–Trinajstić information content (AvgIpc) is 2.65. The highest BCUT2D eigenvalue weighted by Gasteiger charge is 2.14. The van der Waals surface area contributed by atoms with E-state index in [-0.39, 0.29) is 6.29 Å². The Balaban J connectivity index is 2.52. The lowest BCUT2D eigenvalue weighted by Crippen LogP contribution is -2.08. The average molecular weight is 299 g/mol. The van der Waals surface area contributed by atoms with Crippen LogP contribution >= 0.6 is 27.3 Å². The van der Waals surface area contributed by atoms with Crippen molar-refractivity contribution < 1.29 is 14.3 Å². The van der Waals surface area contributed by atoms with E-state index in [1.54, 1.807) is 0 Å². The number of fused-ring (bicyclic) bond motifs is 1. The maximum atomic E-state index is 10.9. The number of carbonyl (C=O) groups excluding carboxylic acids is 2. The van der Waals surface area contributed by atoms with Crippen molar-refractivity contribution in [2.75, 3.05) is 0 Å². The van der Waals surface area contributed by atoms with Crippen molar-refractivity contribution in [3.05, 3.63) is 29.8 Å². The number of esters is 1. The van der Waals surface area contributed by atoms with Crippen LogP contribution in [0.25, 0.3) is 10.1 Å². The minimum Gasteiger partial charge on any atom is -0.410 e. The van der Waals surface area contributed by atoms with Gasteiger partial charge in [0.05, 0.1) is 0 Å². The minimum atomic E-state index is -0.867. The minimum absolute atomic E-state index is 0.169. The second kappa shape index (κ2) is 4.76. The van der Waals surface area contributed by atoms with Crippen LogP contribution in [-0.4, -0.2) is 12.3 Å². The summed E-state index contributed by atoms with van der Waals surface area (Å²) in [5.41, 5.74) is 0.899. The first-order chi connectivity index (χ1) is 7.76. The summed E-state index contributed by atoms with van der Waals surface area (Å²) in [5, 5.41) is 2.10. The van der Waals surface area contributed by atoms with Crippen LogP contribution in [0, 0.1) is 0 Å². The predicted octanol–water partition coefficient (Wildman–Crippen LogP) is 2.90. The van der Waals surface area contributed by atoms with Gasteiger partial charge in [0.15, 0.2) is 5.06 Å². The Morgan fingerprint density at radius 3 is 2.88 bits per heavy atom. The normalized spacial score (nSPS) is 10.3. The summed E-state index contributed by atoms with van der Waals surface area (Å²) in [6, 6.07) is 7.75. The van der Waals surface area contributed by atoms with Gasteiger partial charge >= 0.3 is 5.97 Å². The highest BCUT2D eigenvalue weighted by Crippen LogP contribution is 2.38. The number of hydrogen-bond acceptors (Lipinski definition) is 4. The third-order valence-corrected chi connectivity index (χ3v) is 3.74. The first-order valence-electron chi connectivity index (χ1n) is 4.49. The Kier molecular flexibility index (Phi) is 3.36. The molecule has 0 unspecified atom stereocenters. The van der Waals surface area contributed by atoms with Crippen molar-refractivity contribution in [3.63, 3.8) is 0 Å². The maximum absolute atomic E-state index is 10.9. The van der Waals surface area contributed by atoms with E-state index in [1.165, 1.54) is 11.3 Å². The fourth-order valence-corrected chi connectivity index (χ4v) is 3.22. The molecule has 3 nitrogen and oxygen atoms in total. The SMILES string of the molecule is O=CC(=O)Oc1sc2ccccc2c1CBr. The van der Waals surface area contributed by atoms with E-state index in [4.69, 9.17) is 4.74 Å². The van der Waals surface area contributed by atoms with Crippen molar-refractivity contribution in [3.8, 4) is 5.06 Å². The fraction of sp³-hybridized carbons (Fsp3) is 0.0909. The molecule has 2 rings (SSSR count). The number of halogens is 1. The van der Waals surface area contributed by atoms with Gasteiger partial charge in [-0.2, -0.15) is 0 Å². The molecule has 0 spiro atoms. The van der Waals surface area contributed by atoms with Gasteiger partial charge in [-0.15, -0.1) is 0 Å². The lowest BCUT2D eigenvalue weighted by molar-refractivity contribution is -0.141. The van der Waals surface area contributed by atoms with E-state index in [0.29, 0.717) is 10.4 Å². The number of aldehydes is 1. The molecule has 0 amide bonds. The van der Waals surface area contributed by atoms with Gasteiger partial charge in [0.2, 0.25) is 6.29 Å². The zero-order valence-electron chi connectivity index (χ0n) is 8.10. The number of ether oxygens (including phenoxy) is 1. The molecule has 1 aromatic heterocycles. The highest BCUT2D eigenvalue weighted by molar-refractivity contribution is 9.08. The number of carbonyl (C=O) groups is 2. The van der Waals surface area contributed by atoms with Crippen molar-refractivity contribution in [2.24, 2.45) is 0 Å². The number of alkyl halides is 1. The van der Waals surface area contributed by atoms with Crippen molar-refractivity contribution >= 4 is 49.6 Å². The fourth-order valence-electron chi connectivity index (χ4n) is 1.40. The third kappa shape index (κ3) is 2.01. The zero-order chi connectivity index (χ0) is 11.5. The molecule has 16 heavy (non-hydrogen) atoms. The van der Waals surface area contributed by atoms with E-state index in [1.807, 2.05) is 24.3 Å². The van der Waals surface area contributed by atoms with Crippen LogP contribution < -0.4 is 4.74 Å². The summed E-state index contributed by atoms with van der Waals surface area (Å²) in [6.07, 6.45) is 0.169. The molecule has 0 aliphatic carbocycles. The van der Waals surface area contributed by atoms with Crippen molar-refractivity contribution in [2.45, 2.75) is 5.33 Å². The first kappa shape index (κ1) is 11.3. The van der Waals surface area contributed by atoms with Gasteiger partial charge in [-0.25, -0.2) is 4.79 Å². The number of thiophene rings is 1. The Morgan fingerprint density at radius 2 is 2.19 bits per heavy atom. The van der Waals surface area contributed by atoms with Crippen LogP contribution in [0.15, 0.2) is 24.3 Å². The van der Waals surface area contributed by atoms with E-state index in [2.05, 4.69) is 15.9 Å². The maximum Gasteiger partial charge on any atom is 0.377 e. The highest BCUT2D eigenvalue weighted by atomic mass is 79.9. The molecule has 0 aliphatic rings. The molecular weight excluding hydrogens is 292 g/mol. The van der Waals surface area contributed by atoms with E-state index in [0.717, 1.165) is 15.6 Å². The number of hydrogen-bond donors (Lipinski definition) is 0. The second-order valence-corrected chi connectivity index (χ2v) is 4.61. The van der Waals surface area contributed by atoms with Gasteiger partial charge in [0.25, 0.3) is 0 Å². The lowest BCUT2D eigenvalue weighted by Gasteiger charge is -1.98. The zero-order valence-corrected chi connectivity index (χ0v) is 10.5. The van der Waals surface area contributed by atoms with Crippen LogP contribution in [0.2, 0.25) is 0 Å². The third-order valence-electron chi connectivity index (χ3n) is 2.08. The quantitative estimate of drug-likeness (QED) is 0.379. The molecule has 0 saturated carbocycles. The molecule has 0 aliphatic heterocycles. The Morgan fingerprint density at radius 1 is 1.44 bits per heavy atom. The first-order valence-corrected chi connectivity index (χ1v) is 6.43. The van der Waals surface area contributed by atoms with E-state index in [9.17, 15) is 9.59 Å². The van der Waals surface area contributed by atoms with Crippen LogP contribution in [-0.2, 0) is 14.9 Å². The summed E-state index contributed by atoms with van der Waals surface area (Å²) >= 11 is 4.71. The monoisotopic (exact) mass is 298 g/mol. The molecule has 0 radical (unpaired) electrons. The van der Waals surface area contributed by atoms with Crippen LogP contribution in [0.3, 0.4) is 0 Å². The number of rotatable bonds is 3. The van der Waals surface area contributed by atoms with Crippen molar-refractivity contribution in [1.82, 2.24) is 0 Å². The Hall–Kier alpha value is -1.20. The predicted molar refractivity (Wildman–Crippen MR) is 66.2 cm³/mol. The number of benzene rings is 1. The standard InChI is InChI=1S/C11H7BrO3S/c12-5-8-7-3-1-2-4-9(7)16-11(8)15-10(14)6-13/h1-4,6H,5H2. The lowest BCUT2D eigenvalue weighted by atomic mass is 10.2. The molecule has 0 atom stereocenters. The summed E-state index contributed by atoms with van der Waals surface area (Å²) < 4.78 is 5.99. The smallest absolute Gasteiger partial charge is 0.377 e. The van der Waals surface area contributed by atoms with Gasteiger partial charge in [-0.05, 0) is 6.07 Å². The van der Waals surface area contributed by atoms with Gasteiger partial charge in [-0.3, -0.25) is 4.79 Å². The van der Waals surface area contributed by atoms with Gasteiger partial charge in [0, 0.05) is 21.0 Å². The summed E-state index contributed by atoms with van der Waals surface area (Å²) in [4.78, 5) is 21.2. The van der Waals surface area contributed by atoms with Gasteiger partial charge in [0.1, 0.15) is 0 Å². The molecule has 5 heteroatoms. The molecule has 0 bridgehead atoms. The summed E-state index contributed by atoms with van der Waals surface area (Å²) in [5.74, 6) is -0.867.